The van der Waals surface area contributed by atoms with Gasteiger partial charge in [-0.05, 0) is 26.2 Å². The summed E-state index contributed by atoms with van der Waals surface area (Å²) in [5.41, 5.74) is 0. The third-order valence-electron chi connectivity index (χ3n) is 3.57. The van der Waals surface area contributed by atoms with Crippen LogP contribution in [0.15, 0.2) is 0 Å². The SMILES string of the molecule is CCC[C@H](C)C(=O)N1CCC(C(=O)OCC)CC1. The molecule has 104 valence electrons. The van der Waals surface area contributed by atoms with Gasteiger partial charge in [0.1, 0.15) is 0 Å². The van der Waals surface area contributed by atoms with Gasteiger partial charge < -0.3 is 9.64 Å². The zero-order valence-corrected chi connectivity index (χ0v) is 11.8. The number of carbonyl (C=O) groups excluding carboxylic acids is 2. The fourth-order valence-corrected chi connectivity index (χ4v) is 2.46. The van der Waals surface area contributed by atoms with Crippen LogP contribution in [0.25, 0.3) is 0 Å². The van der Waals surface area contributed by atoms with Gasteiger partial charge in [0.05, 0.1) is 12.5 Å². The van der Waals surface area contributed by atoms with Crippen molar-refractivity contribution in [3.63, 3.8) is 0 Å². The van der Waals surface area contributed by atoms with Gasteiger partial charge in [-0.15, -0.1) is 0 Å². The molecule has 0 aromatic rings. The van der Waals surface area contributed by atoms with Gasteiger partial charge in [-0.3, -0.25) is 9.59 Å². The number of esters is 1. The second kappa shape index (κ2) is 7.39. The van der Waals surface area contributed by atoms with Crippen molar-refractivity contribution in [1.29, 1.82) is 0 Å². The Morgan fingerprint density at radius 1 is 1.28 bits per heavy atom. The van der Waals surface area contributed by atoms with E-state index < -0.39 is 0 Å². The van der Waals surface area contributed by atoms with Crippen LogP contribution in [0, 0.1) is 11.8 Å². The average molecular weight is 255 g/mol. The van der Waals surface area contributed by atoms with Crippen molar-refractivity contribution < 1.29 is 14.3 Å². The second-order valence-electron chi connectivity index (χ2n) is 5.04. The highest BCUT2D eigenvalue weighted by molar-refractivity contribution is 5.79. The van der Waals surface area contributed by atoms with Crippen LogP contribution in [0.4, 0.5) is 0 Å². The van der Waals surface area contributed by atoms with Gasteiger partial charge in [-0.25, -0.2) is 0 Å². The first-order valence-corrected chi connectivity index (χ1v) is 7.05. The molecule has 0 spiro atoms. The van der Waals surface area contributed by atoms with E-state index in [0.717, 1.165) is 25.7 Å². The van der Waals surface area contributed by atoms with E-state index in [1.54, 1.807) is 0 Å². The van der Waals surface area contributed by atoms with Gasteiger partial charge in [0.25, 0.3) is 0 Å². The molecule has 1 atom stereocenters. The first kappa shape index (κ1) is 15.0. The Bertz CT molecular complexity index is 283. The van der Waals surface area contributed by atoms with Gasteiger partial charge in [0.15, 0.2) is 0 Å². The van der Waals surface area contributed by atoms with E-state index in [2.05, 4.69) is 6.92 Å². The van der Waals surface area contributed by atoms with E-state index in [1.165, 1.54) is 0 Å². The minimum absolute atomic E-state index is 0.0181. The molecule has 0 aromatic heterocycles. The molecule has 4 nitrogen and oxygen atoms in total. The number of ether oxygens (including phenoxy) is 1. The summed E-state index contributed by atoms with van der Waals surface area (Å²) in [6, 6.07) is 0. The summed E-state index contributed by atoms with van der Waals surface area (Å²) >= 11 is 0. The van der Waals surface area contributed by atoms with Crippen molar-refractivity contribution in [2.24, 2.45) is 11.8 Å². The molecule has 1 aliphatic heterocycles. The lowest BCUT2D eigenvalue weighted by atomic mass is 9.95. The van der Waals surface area contributed by atoms with E-state index >= 15 is 0 Å². The number of rotatable bonds is 5. The average Bonchev–Trinajstić information content (AvgIpc) is 2.38. The van der Waals surface area contributed by atoms with Crippen LogP contribution in [0.1, 0.15) is 46.5 Å². The zero-order valence-electron chi connectivity index (χ0n) is 11.8. The molecule has 1 saturated heterocycles. The summed E-state index contributed by atoms with van der Waals surface area (Å²) in [5.74, 6) is 0.218. The molecule has 0 N–H and O–H groups in total. The molecule has 18 heavy (non-hydrogen) atoms. The Balaban J connectivity index is 2.39. The van der Waals surface area contributed by atoms with Gasteiger partial charge >= 0.3 is 5.97 Å². The van der Waals surface area contributed by atoms with E-state index in [-0.39, 0.29) is 23.7 Å². The third-order valence-corrected chi connectivity index (χ3v) is 3.57. The van der Waals surface area contributed by atoms with Crippen molar-refractivity contribution in [2.75, 3.05) is 19.7 Å². The van der Waals surface area contributed by atoms with E-state index in [4.69, 9.17) is 4.74 Å². The fourth-order valence-electron chi connectivity index (χ4n) is 2.46. The van der Waals surface area contributed by atoms with Crippen molar-refractivity contribution in [1.82, 2.24) is 4.90 Å². The summed E-state index contributed by atoms with van der Waals surface area (Å²) < 4.78 is 5.02. The molecule has 0 radical (unpaired) electrons. The quantitative estimate of drug-likeness (QED) is 0.708. The van der Waals surface area contributed by atoms with Crippen molar-refractivity contribution in [3.8, 4) is 0 Å². The summed E-state index contributed by atoms with van der Waals surface area (Å²) in [4.78, 5) is 25.6. The van der Waals surface area contributed by atoms with Crippen LogP contribution in [0.3, 0.4) is 0 Å². The van der Waals surface area contributed by atoms with Crippen molar-refractivity contribution in [2.45, 2.75) is 46.5 Å². The maximum absolute atomic E-state index is 12.1. The van der Waals surface area contributed by atoms with Crippen molar-refractivity contribution >= 4 is 11.9 Å². The first-order chi connectivity index (χ1) is 8.60. The zero-order chi connectivity index (χ0) is 13.5. The van der Waals surface area contributed by atoms with Crippen LogP contribution in [-0.2, 0) is 14.3 Å². The summed E-state index contributed by atoms with van der Waals surface area (Å²) in [6.07, 6.45) is 3.45. The van der Waals surface area contributed by atoms with E-state index in [9.17, 15) is 9.59 Å². The van der Waals surface area contributed by atoms with Crippen LogP contribution in [-0.4, -0.2) is 36.5 Å². The smallest absolute Gasteiger partial charge is 0.309 e. The Hall–Kier alpha value is -1.06. The Labute approximate surface area is 110 Å². The van der Waals surface area contributed by atoms with E-state index in [0.29, 0.717) is 19.7 Å². The molecule has 4 heteroatoms. The highest BCUT2D eigenvalue weighted by atomic mass is 16.5. The highest BCUT2D eigenvalue weighted by Gasteiger charge is 2.29. The summed E-state index contributed by atoms with van der Waals surface area (Å²) in [7, 11) is 0. The lowest BCUT2D eigenvalue weighted by Crippen LogP contribution is -2.42. The highest BCUT2D eigenvalue weighted by Crippen LogP contribution is 2.21. The minimum atomic E-state index is -0.105. The minimum Gasteiger partial charge on any atom is -0.466 e. The molecule has 1 heterocycles. The lowest BCUT2D eigenvalue weighted by Gasteiger charge is -2.32. The standard InChI is InChI=1S/C14H25NO3/c1-4-6-11(3)13(16)15-9-7-12(8-10-15)14(17)18-5-2/h11-12H,4-10H2,1-3H3/t11-/m0/s1. The number of carbonyl (C=O) groups is 2. The molecule has 1 amide bonds. The maximum Gasteiger partial charge on any atom is 0.309 e. The number of hydrogen-bond donors (Lipinski definition) is 0. The number of likely N-dealkylation sites (tertiary alicyclic amines) is 1. The van der Waals surface area contributed by atoms with E-state index in [1.807, 2.05) is 18.7 Å². The van der Waals surface area contributed by atoms with Crippen molar-refractivity contribution in [3.05, 3.63) is 0 Å². The Morgan fingerprint density at radius 3 is 2.39 bits per heavy atom. The molecule has 1 fully saturated rings. The predicted molar refractivity (Wildman–Crippen MR) is 70.0 cm³/mol. The molecule has 0 aliphatic carbocycles. The maximum atomic E-state index is 12.1. The number of nitrogens with zero attached hydrogens (tertiary/aromatic N) is 1. The molecule has 1 rings (SSSR count). The van der Waals surface area contributed by atoms with Crippen LogP contribution in [0.5, 0.6) is 0 Å². The number of piperidine rings is 1. The molecule has 0 aromatic carbocycles. The number of hydrogen-bond acceptors (Lipinski definition) is 3. The molecular weight excluding hydrogens is 230 g/mol. The summed E-state index contributed by atoms with van der Waals surface area (Å²) in [5, 5.41) is 0. The molecule has 0 saturated carbocycles. The van der Waals surface area contributed by atoms with Crippen LogP contribution in [0.2, 0.25) is 0 Å². The monoisotopic (exact) mass is 255 g/mol. The summed E-state index contributed by atoms with van der Waals surface area (Å²) in [6.45, 7) is 7.72. The predicted octanol–water partition coefficient (Wildman–Crippen LogP) is 2.22. The molecule has 1 aliphatic rings. The molecular formula is C14H25NO3. The largest absolute Gasteiger partial charge is 0.466 e. The van der Waals surface area contributed by atoms with Gasteiger partial charge in [0.2, 0.25) is 5.91 Å². The Morgan fingerprint density at radius 2 is 1.89 bits per heavy atom. The molecule has 0 unspecified atom stereocenters. The fraction of sp³-hybridized carbons (Fsp3) is 0.857. The number of amides is 1. The normalized spacial score (nSPS) is 18.5. The third kappa shape index (κ3) is 4.00. The van der Waals surface area contributed by atoms with Gasteiger partial charge in [0, 0.05) is 19.0 Å². The topological polar surface area (TPSA) is 46.6 Å². The molecule has 0 bridgehead atoms. The lowest BCUT2D eigenvalue weighted by molar-refractivity contribution is -0.151. The van der Waals surface area contributed by atoms with Crippen LogP contribution < -0.4 is 0 Å². The van der Waals surface area contributed by atoms with Gasteiger partial charge in [-0.1, -0.05) is 20.3 Å². The Kier molecular flexibility index (Phi) is 6.16. The van der Waals surface area contributed by atoms with Gasteiger partial charge in [-0.2, -0.15) is 0 Å². The first-order valence-electron chi connectivity index (χ1n) is 7.05. The van der Waals surface area contributed by atoms with Crippen LogP contribution >= 0.6 is 0 Å². The second-order valence-corrected chi connectivity index (χ2v) is 5.04.